The molecule has 1 aliphatic carbocycles. The molecule has 1 saturated carbocycles. The van der Waals surface area contributed by atoms with Gasteiger partial charge in [0.25, 0.3) is 0 Å². The highest BCUT2D eigenvalue weighted by Gasteiger charge is 2.28. The Morgan fingerprint density at radius 3 is 2.67 bits per heavy atom. The molecule has 2 rings (SSSR count). The first-order valence-corrected chi connectivity index (χ1v) is 6.88. The standard InChI is InChI=1S/C14H23N3O/c1-5-6-9(2)18-14-10(3)12(15-4)16-13(17-14)11-7-8-11/h9,11H,5-8H2,1-4H3,(H,15,16,17). The lowest BCUT2D eigenvalue weighted by atomic mass is 10.2. The smallest absolute Gasteiger partial charge is 0.222 e. The van der Waals surface area contributed by atoms with Crippen molar-refractivity contribution in [1.29, 1.82) is 0 Å². The minimum atomic E-state index is 0.209. The summed E-state index contributed by atoms with van der Waals surface area (Å²) in [5.41, 5.74) is 1.00. The first-order chi connectivity index (χ1) is 8.65. The van der Waals surface area contributed by atoms with Gasteiger partial charge in [-0.2, -0.15) is 4.98 Å². The van der Waals surface area contributed by atoms with Crippen molar-refractivity contribution < 1.29 is 4.74 Å². The second-order valence-corrected chi connectivity index (χ2v) is 5.10. The second-order valence-electron chi connectivity index (χ2n) is 5.10. The Balaban J connectivity index is 2.23. The van der Waals surface area contributed by atoms with E-state index in [0.717, 1.165) is 35.9 Å². The zero-order valence-electron chi connectivity index (χ0n) is 11.8. The van der Waals surface area contributed by atoms with E-state index in [9.17, 15) is 0 Å². The molecule has 1 heterocycles. The van der Waals surface area contributed by atoms with E-state index in [2.05, 4.69) is 29.1 Å². The Morgan fingerprint density at radius 2 is 2.11 bits per heavy atom. The van der Waals surface area contributed by atoms with Gasteiger partial charge in [0.15, 0.2) is 0 Å². The van der Waals surface area contributed by atoms with Crippen LogP contribution in [-0.2, 0) is 0 Å². The molecule has 1 atom stereocenters. The molecule has 1 fully saturated rings. The van der Waals surface area contributed by atoms with E-state index in [1.54, 1.807) is 0 Å². The lowest BCUT2D eigenvalue weighted by Gasteiger charge is -2.17. The van der Waals surface area contributed by atoms with Crippen molar-refractivity contribution in [3.63, 3.8) is 0 Å². The summed E-state index contributed by atoms with van der Waals surface area (Å²) in [5.74, 6) is 3.12. The molecule has 0 bridgehead atoms. The van der Waals surface area contributed by atoms with Crippen LogP contribution in [-0.4, -0.2) is 23.1 Å². The van der Waals surface area contributed by atoms with Crippen molar-refractivity contribution in [1.82, 2.24) is 9.97 Å². The summed E-state index contributed by atoms with van der Waals surface area (Å²) < 4.78 is 5.96. The molecule has 1 aromatic heterocycles. The third kappa shape index (κ3) is 2.92. The van der Waals surface area contributed by atoms with Crippen LogP contribution in [0.3, 0.4) is 0 Å². The van der Waals surface area contributed by atoms with Crippen molar-refractivity contribution in [2.24, 2.45) is 0 Å². The van der Waals surface area contributed by atoms with Crippen LogP contribution in [0.25, 0.3) is 0 Å². The van der Waals surface area contributed by atoms with E-state index in [0.29, 0.717) is 5.92 Å². The molecule has 1 unspecified atom stereocenters. The Labute approximate surface area is 109 Å². The molecule has 0 aliphatic heterocycles. The number of nitrogens with zero attached hydrogens (tertiary/aromatic N) is 2. The van der Waals surface area contributed by atoms with E-state index in [1.807, 2.05) is 14.0 Å². The predicted octanol–water partition coefficient (Wildman–Crippen LogP) is 3.27. The van der Waals surface area contributed by atoms with Crippen molar-refractivity contribution in [3.8, 4) is 5.88 Å². The van der Waals surface area contributed by atoms with Crippen LogP contribution in [0.5, 0.6) is 5.88 Å². The summed E-state index contributed by atoms with van der Waals surface area (Å²) in [6.07, 6.45) is 4.80. The molecule has 0 amide bonds. The van der Waals surface area contributed by atoms with Crippen molar-refractivity contribution in [2.75, 3.05) is 12.4 Å². The molecular weight excluding hydrogens is 226 g/mol. The van der Waals surface area contributed by atoms with Gasteiger partial charge in [0, 0.05) is 13.0 Å². The first kappa shape index (κ1) is 13.1. The quantitative estimate of drug-likeness (QED) is 0.840. The summed E-state index contributed by atoms with van der Waals surface area (Å²) in [4.78, 5) is 9.16. The van der Waals surface area contributed by atoms with Gasteiger partial charge in [0.05, 0.1) is 11.7 Å². The fraction of sp³-hybridized carbons (Fsp3) is 0.714. The Hall–Kier alpha value is -1.32. The highest BCUT2D eigenvalue weighted by atomic mass is 16.5. The molecule has 1 N–H and O–H groups in total. The zero-order chi connectivity index (χ0) is 13.1. The van der Waals surface area contributed by atoms with Crippen LogP contribution >= 0.6 is 0 Å². The summed E-state index contributed by atoms with van der Waals surface area (Å²) in [7, 11) is 1.89. The van der Waals surface area contributed by atoms with Gasteiger partial charge < -0.3 is 10.1 Å². The molecule has 0 radical (unpaired) electrons. The van der Waals surface area contributed by atoms with E-state index < -0.39 is 0 Å². The molecule has 0 spiro atoms. The Kier molecular flexibility index (Phi) is 4.04. The maximum atomic E-state index is 5.96. The lowest BCUT2D eigenvalue weighted by Crippen LogP contribution is -2.15. The van der Waals surface area contributed by atoms with E-state index in [-0.39, 0.29) is 6.10 Å². The fourth-order valence-corrected chi connectivity index (χ4v) is 2.05. The van der Waals surface area contributed by atoms with Gasteiger partial charge in [0.2, 0.25) is 5.88 Å². The maximum Gasteiger partial charge on any atom is 0.222 e. The predicted molar refractivity (Wildman–Crippen MR) is 73.3 cm³/mol. The number of aromatic nitrogens is 2. The van der Waals surface area contributed by atoms with Crippen LogP contribution < -0.4 is 10.1 Å². The Morgan fingerprint density at radius 1 is 1.39 bits per heavy atom. The van der Waals surface area contributed by atoms with E-state index in [4.69, 9.17) is 4.74 Å². The summed E-state index contributed by atoms with van der Waals surface area (Å²) in [6, 6.07) is 0. The number of hydrogen-bond acceptors (Lipinski definition) is 4. The van der Waals surface area contributed by atoms with Gasteiger partial charge in [0.1, 0.15) is 11.6 Å². The molecule has 4 nitrogen and oxygen atoms in total. The van der Waals surface area contributed by atoms with Crippen LogP contribution in [0.4, 0.5) is 5.82 Å². The van der Waals surface area contributed by atoms with Gasteiger partial charge in [-0.25, -0.2) is 4.98 Å². The minimum Gasteiger partial charge on any atom is -0.474 e. The molecular formula is C14H23N3O. The molecule has 0 aromatic carbocycles. The summed E-state index contributed by atoms with van der Waals surface area (Å²) in [6.45, 7) is 6.28. The average molecular weight is 249 g/mol. The molecule has 18 heavy (non-hydrogen) atoms. The lowest BCUT2D eigenvalue weighted by molar-refractivity contribution is 0.199. The molecule has 1 aromatic rings. The van der Waals surface area contributed by atoms with Crippen molar-refractivity contribution in [2.45, 2.75) is 58.5 Å². The summed E-state index contributed by atoms with van der Waals surface area (Å²) in [5, 5.41) is 3.13. The molecule has 0 saturated heterocycles. The van der Waals surface area contributed by atoms with Crippen LogP contribution in [0, 0.1) is 6.92 Å². The topological polar surface area (TPSA) is 47.0 Å². The van der Waals surface area contributed by atoms with Crippen LogP contribution in [0.1, 0.15) is 56.8 Å². The molecule has 100 valence electrons. The normalized spacial score (nSPS) is 16.4. The molecule has 4 heteroatoms. The number of rotatable bonds is 6. The highest BCUT2D eigenvalue weighted by molar-refractivity contribution is 5.48. The zero-order valence-corrected chi connectivity index (χ0v) is 11.8. The highest BCUT2D eigenvalue weighted by Crippen LogP contribution is 2.40. The van der Waals surface area contributed by atoms with Gasteiger partial charge in [-0.15, -0.1) is 0 Å². The van der Waals surface area contributed by atoms with Gasteiger partial charge >= 0.3 is 0 Å². The molecule has 1 aliphatic rings. The number of nitrogens with one attached hydrogen (secondary N) is 1. The van der Waals surface area contributed by atoms with Crippen LogP contribution in [0.15, 0.2) is 0 Å². The largest absolute Gasteiger partial charge is 0.474 e. The first-order valence-electron chi connectivity index (χ1n) is 6.88. The monoisotopic (exact) mass is 249 g/mol. The van der Waals surface area contributed by atoms with Crippen LogP contribution in [0.2, 0.25) is 0 Å². The van der Waals surface area contributed by atoms with E-state index >= 15 is 0 Å². The third-order valence-electron chi connectivity index (χ3n) is 3.31. The summed E-state index contributed by atoms with van der Waals surface area (Å²) >= 11 is 0. The minimum absolute atomic E-state index is 0.209. The maximum absolute atomic E-state index is 5.96. The van der Waals surface area contributed by atoms with E-state index in [1.165, 1.54) is 12.8 Å². The average Bonchev–Trinajstić information content (AvgIpc) is 3.16. The second kappa shape index (κ2) is 5.55. The number of ether oxygens (including phenoxy) is 1. The van der Waals surface area contributed by atoms with Gasteiger partial charge in [-0.05, 0) is 33.1 Å². The number of hydrogen-bond donors (Lipinski definition) is 1. The van der Waals surface area contributed by atoms with Gasteiger partial charge in [-0.1, -0.05) is 13.3 Å². The fourth-order valence-electron chi connectivity index (χ4n) is 2.05. The number of anilines is 1. The SMILES string of the molecule is CCCC(C)Oc1nc(C2CC2)nc(NC)c1C. The Bertz CT molecular complexity index is 416. The third-order valence-corrected chi connectivity index (χ3v) is 3.31. The van der Waals surface area contributed by atoms with Gasteiger partial charge in [-0.3, -0.25) is 0 Å². The van der Waals surface area contributed by atoms with Crippen molar-refractivity contribution >= 4 is 5.82 Å². The van der Waals surface area contributed by atoms with Crippen molar-refractivity contribution in [3.05, 3.63) is 11.4 Å².